The summed E-state index contributed by atoms with van der Waals surface area (Å²) in [6, 6.07) is 0. The number of hydrogen-bond acceptors (Lipinski definition) is 0. The van der Waals surface area contributed by atoms with Crippen molar-refractivity contribution in [2.45, 2.75) is 17.7 Å². The Morgan fingerprint density at radius 1 is 1.64 bits per heavy atom. The van der Waals surface area contributed by atoms with Gasteiger partial charge in [-0.1, -0.05) is 59.9 Å². The van der Waals surface area contributed by atoms with Gasteiger partial charge in [-0.15, -0.1) is 0 Å². The Morgan fingerprint density at radius 2 is 2.27 bits per heavy atom. The van der Waals surface area contributed by atoms with Crippen molar-refractivity contribution in [3.8, 4) is 0 Å². The van der Waals surface area contributed by atoms with E-state index in [-0.39, 0.29) is 4.32 Å². The van der Waals surface area contributed by atoms with Crippen molar-refractivity contribution in [2.24, 2.45) is 0 Å². The van der Waals surface area contributed by atoms with Crippen LogP contribution in [0.2, 0.25) is 0 Å². The van der Waals surface area contributed by atoms with Gasteiger partial charge in [-0.05, 0) is 18.9 Å². The van der Waals surface area contributed by atoms with Crippen LogP contribution in [0.3, 0.4) is 0 Å². The molecule has 1 aliphatic rings. The number of allylic oxidation sites excluding steroid dienone is 4. The fourth-order valence-corrected chi connectivity index (χ4v) is 3.50. The molecule has 0 N–H and O–H groups in total. The van der Waals surface area contributed by atoms with E-state index in [1.807, 2.05) is 0 Å². The lowest BCUT2D eigenvalue weighted by Gasteiger charge is -2.23. The van der Waals surface area contributed by atoms with Crippen LogP contribution in [0.5, 0.6) is 0 Å². The van der Waals surface area contributed by atoms with E-state index < -0.39 is 0 Å². The zero-order valence-corrected chi connectivity index (χ0v) is 11.0. The highest BCUT2D eigenvalue weighted by Crippen LogP contribution is 2.36. The summed E-state index contributed by atoms with van der Waals surface area (Å²) in [5.74, 6) is 0. The quantitative estimate of drug-likeness (QED) is 0.627. The Bertz CT molecular complexity index is 213. The number of alkyl halides is 2. The van der Waals surface area contributed by atoms with Gasteiger partial charge in [0.15, 0.2) is 0 Å². The molecule has 62 valence electrons. The molecular weight excluding hydrogens is 336 g/mol. The minimum Gasteiger partial charge on any atom is -0.0876 e. The largest absolute Gasteiger partial charge is 0.0876 e. The molecule has 1 aliphatic carbocycles. The maximum atomic E-state index is 3.62. The highest BCUT2D eigenvalue weighted by atomic mass is 79.9. The van der Waals surface area contributed by atoms with E-state index in [0.29, 0.717) is 0 Å². The molecule has 0 aromatic carbocycles. The van der Waals surface area contributed by atoms with Crippen LogP contribution < -0.4 is 0 Å². The van der Waals surface area contributed by atoms with Crippen LogP contribution >= 0.6 is 47.8 Å². The van der Waals surface area contributed by atoms with Crippen LogP contribution in [0.1, 0.15) is 13.3 Å². The summed E-state index contributed by atoms with van der Waals surface area (Å²) >= 11 is 10.6. The molecule has 0 heterocycles. The molecule has 0 radical (unpaired) electrons. The first kappa shape index (κ1) is 10.0. The average molecular weight is 345 g/mol. The summed E-state index contributed by atoms with van der Waals surface area (Å²) in [4.78, 5) is 0. The fraction of sp³-hybridized carbons (Fsp3) is 0.500. The molecule has 1 atom stereocenters. The van der Waals surface area contributed by atoms with Crippen molar-refractivity contribution in [3.05, 3.63) is 22.2 Å². The van der Waals surface area contributed by atoms with Gasteiger partial charge in [0.2, 0.25) is 0 Å². The average Bonchev–Trinajstić information content (AvgIpc) is 1.86. The lowest BCUT2D eigenvalue weighted by Crippen LogP contribution is -2.15. The number of hydrogen-bond donors (Lipinski definition) is 0. The van der Waals surface area contributed by atoms with E-state index in [4.69, 9.17) is 0 Å². The van der Waals surface area contributed by atoms with Gasteiger partial charge in [-0.25, -0.2) is 0 Å². The molecule has 0 bridgehead atoms. The third-order valence-electron chi connectivity index (χ3n) is 1.63. The van der Waals surface area contributed by atoms with Gasteiger partial charge in [-0.3, -0.25) is 0 Å². The molecular formula is C8H9Br3. The van der Waals surface area contributed by atoms with Crippen molar-refractivity contribution >= 4 is 47.8 Å². The molecule has 3 heteroatoms. The Balaban J connectivity index is 2.82. The molecule has 1 rings (SSSR count). The van der Waals surface area contributed by atoms with Crippen molar-refractivity contribution < 1.29 is 0 Å². The Morgan fingerprint density at radius 3 is 2.73 bits per heavy atom. The van der Waals surface area contributed by atoms with Crippen molar-refractivity contribution in [1.29, 1.82) is 0 Å². The molecule has 0 aromatic heterocycles. The van der Waals surface area contributed by atoms with Gasteiger partial charge < -0.3 is 0 Å². The molecule has 11 heavy (non-hydrogen) atoms. The zero-order valence-electron chi connectivity index (χ0n) is 6.20. The first-order valence-corrected chi connectivity index (χ1v) is 6.07. The fourth-order valence-electron chi connectivity index (χ4n) is 0.958. The number of rotatable bonds is 1. The maximum Gasteiger partial charge on any atom is 0.0457 e. The molecule has 0 spiro atoms. The van der Waals surface area contributed by atoms with Gasteiger partial charge in [0.25, 0.3) is 0 Å². The second kappa shape index (κ2) is 3.75. The van der Waals surface area contributed by atoms with Gasteiger partial charge in [0, 0.05) is 14.1 Å². The molecule has 0 aromatic rings. The van der Waals surface area contributed by atoms with Crippen molar-refractivity contribution in [3.63, 3.8) is 0 Å². The smallest absolute Gasteiger partial charge is 0.0457 e. The normalized spacial score (nSPS) is 31.3. The molecule has 0 amide bonds. The second-order valence-corrected chi connectivity index (χ2v) is 6.18. The zero-order chi connectivity index (χ0) is 8.48. The van der Waals surface area contributed by atoms with Crippen LogP contribution in [0.15, 0.2) is 22.2 Å². The van der Waals surface area contributed by atoms with Crippen LogP contribution in [0, 0.1) is 0 Å². The van der Waals surface area contributed by atoms with Gasteiger partial charge >= 0.3 is 0 Å². The van der Waals surface area contributed by atoms with E-state index in [1.165, 1.54) is 10.1 Å². The summed E-state index contributed by atoms with van der Waals surface area (Å²) < 4.78 is 1.42. The van der Waals surface area contributed by atoms with E-state index >= 15 is 0 Å². The minimum atomic E-state index is 0.136. The highest BCUT2D eigenvalue weighted by molar-refractivity contribution is 9.12. The number of halogens is 3. The topological polar surface area (TPSA) is 0 Å². The molecule has 0 saturated carbocycles. The minimum absolute atomic E-state index is 0.136. The SMILES string of the molecule is CC1(Br)C=CC(CBr)=C(Br)C1. The standard InChI is InChI=1S/C8H9Br3/c1-8(11)3-2-6(5-9)7(10)4-8/h2-3H,4-5H2,1H3. The molecule has 0 fully saturated rings. The predicted molar refractivity (Wildman–Crippen MR) is 60.8 cm³/mol. The van der Waals surface area contributed by atoms with E-state index in [0.717, 1.165) is 11.8 Å². The summed E-state index contributed by atoms with van der Waals surface area (Å²) in [6.07, 6.45) is 5.37. The third kappa shape index (κ3) is 2.71. The van der Waals surface area contributed by atoms with E-state index in [9.17, 15) is 0 Å². The van der Waals surface area contributed by atoms with Gasteiger partial charge in [0.1, 0.15) is 0 Å². The van der Waals surface area contributed by atoms with Gasteiger partial charge in [-0.2, -0.15) is 0 Å². The second-order valence-electron chi connectivity index (χ2n) is 2.85. The summed E-state index contributed by atoms with van der Waals surface area (Å²) in [6.45, 7) is 2.16. The first-order valence-electron chi connectivity index (χ1n) is 3.37. The molecule has 1 unspecified atom stereocenters. The summed E-state index contributed by atoms with van der Waals surface area (Å²) in [5, 5.41) is 0.924. The third-order valence-corrected chi connectivity index (χ3v) is 3.56. The maximum absolute atomic E-state index is 3.62. The molecule has 0 aliphatic heterocycles. The monoisotopic (exact) mass is 342 g/mol. The van der Waals surface area contributed by atoms with Crippen LogP contribution in [0.4, 0.5) is 0 Å². The lowest BCUT2D eigenvalue weighted by molar-refractivity contribution is 0.802. The molecule has 0 saturated heterocycles. The highest BCUT2D eigenvalue weighted by Gasteiger charge is 2.22. The van der Waals surface area contributed by atoms with Crippen LogP contribution in [0.25, 0.3) is 0 Å². The van der Waals surface area contributed by atoms with Gasteiger partial charge in [0.05, 0.1) is 0 Å². The Hall–Kier alpha value is 0.920. The first-order chi connectivity index (χ1) is 5.05. The summed E-state index contributed by atoms with van der Waals surface area (Å²) in [7, 11) is 0. The van der Waals surface area contributed by atoms with Crippen molar-refractivity contribution in [1.82, 2.24) is 0 Å². The van der Waals surface area contributed by atoms with Crippen molar-refractivity contribution in [2.75, 3.05) is 5.33 Å². The van der Waals surface area contributed by atoms with Crippen LogP contribution in [-0.4, -0.2) is 9.65 Å². The van der Waals surface area contributed by atoms with E-state index in [2.05, 4.69) is 66.9 Å². The van der Waals surface area contributed by atoms with E-state index in [1.54, 1.807) is 0 Å². The Kier molecular flexibility index (Phi) is 3.41. The Labute approximate surface area is 92.5 Å². The predicted octanol–water partition coefficient (Wildman–Crippen LogP) is 4.14. The summed E-state index contributed by atoms with van der Waals surface area (Å²) in [5.41, 5.74) is 1.34. The van der Waals surface area contributed by atoms with Crippen LogP contribution in [-0.2, 0) is 0 Å². The molecule has 0 nitrogen and oxygen atoms in total. The lowest BCUT2D eigenvalue weighted by atomic mass is 9.99.